The van der Waals surface area contributed by atoms with E-state index in [4.69, 9.17) is 0 Å². The van der Waals surface area contributed by atoms with Crippen LogP contribution in [-0.4, -0.2) is 20.2 Å². The predicted molar refractivity (Wildman–Crippen MR) is 83.8 cm³/mol. The van der Waals surface area contributed by atoms with Gasteiger partial charge < -0.3 is 5.32 Å². The lowest BCUT2D eigenvalue weighted by molar-refractivity contribution is 0.268. The minimum atomic E-state index is -3.18. The molecule has 20 heavy (non-hydrogen) atoms. The molecular formula is C16H25NO2S. The molecule has 1 aliphatic rings. The molecule has 1 aliphatic carbocycles. The maximum atomic E-state index is 12.2. The van der Waals surface area contributed by atoms with Crippen LogP contribution in [0.1, 0.15) is 40.0 Å². The van der Waals surface area contributed by atoms with E-state index >= 15 is 0 Å². The van der Waals surface area contributed by atoms with Gasteiger partial charge in [0.2, 0.25) is 0 Å². The molecule has 2 unspecified atom stereocenters. The molecule has 112 valence electrons. The monoisotopic (exact) mass is 295 g/mol. The maximum Gasteiger partial charge on any atom is 0.180 e. The molecule has 2 atom stereocenters. The number of sulfone groups is 1. The number of hydrogen-bond donors (Lipinski definition) is 1. The first-order valence-electron chi connectivity index (χ1n) is 7.54. The SMILES string of the molecule is CCS(=O)(=O)c1ccccc1NC1C(C)CCCC1C. The van der Waals surface area contributed by atoms with Crippen LogP contribution in [0.25, 0.3) is 0 Å². The van der Waals surface area contributed by atoms with Crippen LogP contribution in [0, 0.1) is 11.8 Å². The molecule has 0 aliphatic heterocycles. The number of hydrogen-bond acceptors (Lipinski definition) is 3. The minimum Gasteiger partial charge on any atom is -0.381 e. The molecule has 2 rings (SSSR count). The molecule has 1 saturated carbocycles. The van der Waals surface area contributed by atoms with E-state index in [-0.39, 0.29) is 5.75 Å². The van der Waals surface area contributed by atoms with Gasteiger partial charge in [-0.15, -0.1) is 0 Å². The van der Waals surface area contributed by atoms with Gasteiger partial charge in [-0.25, -0.2) is 8.42 Å². The third-order valence-corrected chi connectivity index (χ3v) is 6.26. The van der Waals surface area contributed by atoms with Gasteiger partial charge in [0, 0.05) is 6.04 Å². The lowest BCUT2D eigenvalue weighted by Crippen LogP contribution is -2.37. The number of para-hydroxylation sites is 1. The lowest BCUT2D eigenvalue weighted by Gasteiger charge is -2.36. The summed E-state index contributed by atoms with van der Waals surface area (Å²) in [6.45, 7) is 6.20. The molecule has 0 amide bonds. The van der Waals surface area contributed by atoms with Crippen molar-refractivity contribution in [2.45, 2.75) is 51.0 Å². The first-order chi connectivity index (χ1) is 9.45. The van der Waals surface area contributed by atoms with E-state index < -0.39 is 9.84 Å². The Hall–Kier alpha value is -1.03. The highest BCUT2D eigenvalue weighted by atomic mass is 32.2. The Balaban J connectivity index is 2.30. The molecule has 0 bridgehead atoms. The van der Waals surface area contributed by atoms with Crippen LogP contribution in [0.3, 0.4) is 0 Å². The Labute approximate surface area is 122 Å². The highest BCUT2D eigenvalue weighted by Gasteiger charge is 2.28. The van der Waals surface area contributed by atoms with Gasteiger partial charge in [0.25, 0.3) is 0 Å². The van der Waals surface area contributed by atoms with E-state index in [1.807, 2.05) is 12.1 Å². The van der Waals surface area contributed by atoms with E-state index in [0.717, 1.165) is 5.69 Å². The van der Waals surface area contributed by atoms with E-state index in [1.54, 1.807) is 19.1 Å². The second-order valence-corrected chi connectivity index (χ2v) is 8.20. The largest absolute Gasteiger partial charge is 0.381 e. The zero-order valence-electron chi connectivity index (χ0n) is 12.6. The zero-order chi connectivity index (χ0) is 14.8. The van der Waals surface area contributed by atoms with Crippen molar-refractivity contribution in [2.75, 3.05) is 11.1 Å². The van der Waals surface area contributed by atoms with E-state index in [0.29, 0.717) is 22.8 Å². The average Bonchev–Trinajstić information content (AvgIpc) is 2.43. The van der Waals surface area contributed by atoms with Gasteiger partial charge >= 0.3 is 0 Å². The molecule has 0 heterocycles. The fraction of sp³-hybridized carbons (Fsp3) is 0.625. The van der Waals surface area contributed by atoms with E-state index in [9.17, 15) is 8.42 Å². The second kappa shape index (κ2) is 6.17. The summed E-state index contributed by atoms with van der Waals surface area (Å²) in [5.74, 6) is 1.30. The van der Waals surface area contributed by atoms with Gasteiger partial charge in [-0.3, -0.25) is 0 Å². The maximum absolute atomic E-state index is 12.2. The van der Waals surface area contributed by atoms with Crippen molar-refractivity contribution in [3.8, 4) is 0 Å². The van der Waals surface area contributed by atoms with Crippen molar-refractivity contribution in [3.05, 3.63) is 24.3 Å². The van der Waals surface area contributed by atoms with Gasteiger partial charge in [-0.05, 0) is 36.8 Å². The van der Waals surface area contributed by atoms with E-state index in [1.165, 1.54) is 19.3 Å². The Morgan fingerprint density at radius 1 is 1.15 bits per heavy atom. The van der Waals surface area contributed by atoms with Crippen LogP contribution in [0.15, 0.2) is 29.2 Å². The number of rotatable bonds is 4. The molecule has 1 aromatic carbocycles. The molecule has 3 nitrogen and oxygen atoms in total. The summed E-state index contributed by atoms with van der Waals surface area (Å²) < 4.78 is 24.4. The quantitative estimate of drug-likeness (QED) is 0.921. The fourth-order valence-electron chi connectivity index (χ4n) is 3.16. The highest BCUT2D eigenvalue weighted by molar-refractivity contribution is 7.91. The van der Waals surface area contributed by atoms with Crippen molar-refractivity contribution in [1.82, 2.24) is 0 Å². The van der Waals surface area contributed by atoms with Gasteiger partial charge in [-0.1, -0.05) is 39.3 Å². The predicted octanol–water partition coefficient (Wildman–Crippen LogP) is 3.72. The first-order valence-corrected chi connectivity index (χ1v) is 9.19. The van der Waals surface area contributed by atoms with Crippen LogP contribution >= 0.6 is 0 Å². The molecular weight excluding hydrogens is 270 g/mol. The summed E-state index contributed by atoms with van der Waals surface area (Å²) in [5.41, 5.74) is 0.764. The second-order valence-electron chi connectivity index (χ2n) is 5.96. The average molecular weight is 295 g/mol. The van der Waals surface area contributed by atoms with Crippen molar-refractivity contribution in [2.24, 2.45) is 11.8 Å². The lowest BCUT2D eigenvalue weighted by atomic mass is 9.78. The first kappa shape index (κ1) is 15.4. The molecule has 0 spiro atoms. The number of anilines is 1. The molecule has 0 saturated heterocycles. The smallest absolute Gasteiger partial charge is 0.180 e. The van der Waals surface area contributed by atoms with E-state index in [2.05, 4.69) is 19.2 Å². The molecule has 1 N–H and O–H groups in total. The third-order valence-electron chi connectivity index (χ3n) is 4.47. The third kappa shape index (κ3) is 3.17. The molecule has 1 fully saturated rings. The molecule has 0 radical (unpaired) electrons. The minimum absolute atomic E-state index is 0.140. The number of nitrogens with one attached hydrogen (secondary N) is 1. The summed E-state index contributed by atoms with van der Waals surface area (Å²) in [4.78, 5) is 0.437. The van der Waals surface area contributed by atoms with Crippen LogP contribution in [-0.2, 0) is 9.84 Å². The van der Waals surface area contributed by atoms with Crippen molar-refractivity contribution >= 4 is 15.5 Å². The van der Waals surface area contributed by atoms with Gasteiger partial charge in [-0.2, -0.15) is 0 Å². The number of benzene rings is 1. The molecule has 1 aromatic rings. The van der Waals surface area contributed by atoms with Crippen molar-refractivity contribution < 1.29 is 8.42 Å². The fourth-order valence-corrected chi connectivity index (χ4v) is 4.22. The Bertz CT molecular complexity index is 543. The van der Waals surface area contributed by atoms with Gasteiger partial charge in [0.1, 0.15) is 0 Å². The zero-order valence-corrected chi connectivity index (χ0v) is 13.4. The normalized spacial score (nSPS) is 27.2. The summed E-state index contributed by atoms with van der Waals surface area (Å²) in [6, 6.07) is 7.64. The topological polar surface area (TPSA) is 46.2 Å². The van der Waals surface area contributed by atoms with Crippen LogP contribution < -0.4 is 5.32 Å². The standard InChI is InChI=1S/C16H25NO2S/c1-4-20(18,19)15-11-6-5-10-14(15)17-16-12(2)8-7-9-13(16)3/h5-6,10-13,16-17H,4,7-9H2,1-3H3. The van der Waals surface area contributed by atoms with Crippen molar-refractivity contribution in [1.29, 1.82) is 0 Å². The van der Waals surface area contributed by atoms with Crippen molar-refractivity contribution in [3.63, 3.8) is 0 Å². The Morgan fingerprint density at radius 2 is 1.75 bits per heavy atom. The van der Waals surface area contributed by atoms with Gasteiger partial charge in [0.05, 0.1) is 16.3 Å². The Kier molecular flexibility index (Phi) is 4.74. The summed E-state index contributed by atoms with van der Waals surface area (Å²) in [7, 11) is -3.18. The summed E-state index contributed by atoms with van der Waals surface area (Å²) >= 11 is 0. The van der Waals surface area contributed by atoms with Crippen LogP contribution in [0.2, 0.25) is 0 Å². The Morgan fingerprint density at radius 3 is 2.35 bits per heavy atom. The van der Waals surface area contributed by atoms with Gasteiger partial charge in [0.15, 0.2) is 9.84 Å². The summed E-state index contributed by atoms with van der Waals surface area (Å²) in [6.07, 6.45) is 3.70. The van der Waals surface area contributed by atoms with Crippen LogP contribution in [0.5, 0.6) is 0 Å². The highest BCUT2D eigenvalue weighted by Crippen LogP contribution is 2.33. The molecule has 4 heteroatoms. The van der Waals surface area contributed by atoms with Crippen LogP contribution in [0.4, 0.5) is 5.69 Å². The summed E-state index contributed by atoms with van der Waals surface area (Å²) in [5, 5.41) is 3.51. The molecule has 0 aromatic heterocycles.